The molecular formula is C11H15BrN4O2. The summed E-state index contributed by atoms with van der Waals surface area (Å²) in [6.07, 6.45) is 4.97. The van der Waals surface area contributed by atoms with Gasteiger partial charge in [-0.1, -0.05) is 0 Å². The van der Waals surface area contributed by atoms with E-state index in [-0.39, 0.29) is 24.3 Å². The number of hydrogen-bond donors (Lipinski definition) is 1. The van der Waals surface area contributed by atoms with Gasteiger partial charge in [0.15, 0.2) is 0 Å². The summed E-state index contributed by atoms with van der Waals surface area (Å²) in [5.74, 6) is -0.571. The van der Waals surface area contributed by atoms with Crippen LogP contribution in [0.4, 0.5) is 0 Å². The number of nitrogens with zero attached hydrogens (tertiary/aromatic N) is 3. The third-order valence-corrected chi connectivity index (χ3v) is 3.48. The highest BCUT2D eigenvalue weighted by molar-refractivity contribution is 9.10. The Hall–Kier alpha value is -1.37. The number of carbonyl (C=O) groups is 2. The highest BCUT2D eigenvalue weighted by atomic mass is 79.9. The smallest absolute Gasteiger partial charge is 0.244 e. The Kier molecular flexibility index (Phi) is 4.00. The first-order valence-electron chi connectivity index (χ1n) is 5.81. The van der Waals surface area contributed by atoms with E-state index in [1.54, 1.807) is 22.0 Å². The third-order valence-electron chi connectivity index (χ3n) is 3.08. The summed E-state index contributed by atoms with van der Waals surface area (Å²) in [5, 5.41) is 4.04. The van der Waals surface area contributed by atoms with E-state index in [0.29, 0.717) is 13.1 Å². The van der Waals surface area contributed by atoms with Gasteiger partial charge in [0.2, 0.25) is 11.8 Å². The zero-order chi connectivity index (χ0) is 13.1. The standard InChI is InChI=1S/C11H15BrN4O2/c12-9-4-14-16(6-9)7-10(17)15-3-1-2-8(5-15)11(13)18/h4,6,8H,1-3,5,7H2,(H2,13,18). The molecule has 1 aliphatic heterocycles. The maximum atomic E-state index is 12.0. The molecule has 2 rings (SSSR count). The maximum absolute atomic E-state index is 12.0. The highest BCUT2D eigenvalue weighted by Gasteiger charge is 2.26. The largest absolute Gasteiger partial charge is 0.369 e. The molecule has 98 valence electrons. The number of primary amides is 1. The molecule has 1 saturated heterocycles. The molecule has 2 amide bonds. The van der Waals surface area contributed by atoms with Crippen molar-refractivity contribution in [1.82, 2.24) is 14.7 Å². The van der Waals surface area contributed by atoms with E-state index in [4.69, 9.17) is 5.73 Å². The SMILES string of the molecule is NC(=O)C1CCCN(C(=O)Cn2cc(Br)cn2)C1. The van der Waals surface area contributed by atoms with Gasteiger partial charge in [0.25, 0.3) is 0 Å². The van der Waals surface area contributed by atoms with Gasteiger partial charge in [-0.25, -0.2) is 0 Å². The number of aromatic nitrogens is 2. The second-order valence-electron chi connectivity index (χ2n) is 4.44. The number of halogens is 1. The Morgan fingerprint density at radius 2 is 2.33 bits per heavy atom. The number of likely N-dealkylation sites (tertiary alicyclic amines) is 1. The van der Waals surface area contributed by atoms with E-state index in [1.165, 1.54) is 0 Å². The van der Waals surface area contributed by atoms with Crippen LogP contribution in [0.1, 0.15) is 12.8 Å². The Labute approximate surface area is 113 Å². The van der Waals surface area contributed by atoms with Crippen LogP contribution in [-0.2, 0) is 16.1 Å². The van der Waals surface area contributed by atoms with Crippen LogP contribution in [0.5, 0.6) is 0 Å². The minimum absolute atomic E-state index is 0.0310. The van der Waals surface area contributed by atoms with E-state index in [2.05, 4.69) is 21.0 Å². The lowest BCUT2D eigenvalue weighted by Gasteiger charge is -2.31. The summed E-state index contributed by atoms with van der Waals surface area (Å²) < 4.78 is 2.41. The molecular weight excluding hydrogens is 300 g/mol. The van der Waals surface area contributed by atoms with Crippen molar-refractivity contribution in [3.8, 4) is 0 Å². The van der Waals surface area contributed by atoms with E-state index in [9.17, 15) is 9.59 Å². The third kappa shape index (κ3) is 3.10. The average Bonchev–Trinajstić information content (AvgIpc) is 2.75. The van der Waals surface area contributed by atoms with Crippen LogP contribution in [0.25, 0.3) is 0 Å². The lowest BCUT2D eigenvalue weighted by molar-refractivity contribution is -0.135. The predicted molar refractivity (Wildman–Crippen MR) is 68.4 cm³/mol. The minimum atomic E-state index is -0.325. The second-order valence-corrected chi connectivity index (χ2v) is 5.35. The molecule has 1 unspecified atom stereocenters. The Morgan fingerprint density at radius 3 is 2.94 bits per heavy atom. The van der Waals surface area contributed by atoms with Gasteiger partial charge in [-0.15, -0.1) is 0 Å². The Bertz CT molecular complexity index is 460. The molecule has 7 heteroatoms. The lowest BCUT2D eigenvalue weighted by atomic mass is 9.97. The maximum Gasteiger partial charge on any atom is 0.244 e. The van der Waals surface area contributed by atoms with Crippen molar-refractivity contribution >= 4 is 27.7 Å². The zero-order valence-corrected chi connectivity index (χ0v) is 11.5. The molecule has 6 nitrogen and oxygen atoms in total. The first kappa shape index (κ1) is 13.1. The van der Waals surface area contributed by atoms with E-state index in [1.807, 2.05) is 0 Å². The van der Waals surface area contributed by atoms with Crippen LogP contribution in [0.3, 0.4) is 0 Å². The van der Waals surface area contributed by atoms with Gasteiger partial charge in [0.05, 0.1) is 16.6 Å². The van der Waals surface area contributed by atoms with E-state index < -0.39 is 0 Å². The fourth-order valence-electron chi connectivity index (χ4n) is 2.10. The molecule has 0 bridgehead atoms. The van der Waals surface area contributed by atoms with Gasteiger partial charge in [-0.2, -0.15) is 5.10 Å². The monoisotopic (exact) mass is 314 g/mol. The number of nitrogens with two attached hydrogens (primary N) is 1. The van der Waals surface area contributed by atoms with Crippen molar-refractivity contribution in [1.29, 1.82) is 0 Å². The van der Waals surface area contributed by atoms with Crippen molar-refractivity contribution in [2.75, 3.05) is 13.1 Å². The summed E-state index contributed by atoms with van der Waals surface area (Å²) in [6.45, 7) is 1.30. The van der Waals surface area contributed by atoms with Crippen LogP contribution in [-0.4, -0.2) is 39.6 Å². The van der Waals surface area contributed by atoms with Crippen LogP contribution in [0.2, 0.25) is 0 Å². The molecule has 1 aromatic rings. The van der Waals surface area contributed by atoms with Crippen molar-refractivity contribution in [2.24, 2.45) is 11.7 Å². The topological polar surface area (TPSA) is 81.2 Å². The van der Waals surface area contributed by atoms with Gasteiger partial charge in [0.1, 0.15) is 6.54 Å². The van der Waals surface area contributed by atoms with E-state index >= 15 is 0 Å². The normalized spacial score (nSPS) is 19.8. The summed E-state index contributed by atoms with van der Waals surface area (Å²) >= 11 is 3.28. The van der Waals surface area contributed by atoms with Crippen molar-refractivity contribution < 1.29 is 9.59 Å². The van der Waals surface area contributed by atoms with E-state index in [0.717, 1.165) is 17.3 Å². The average molecular weight is 315 g/mol. The Morgan fingerprint density at radius 1 is 1.56 bits per heavy atom. The molecule has 1 aromatic heterocycles. The molecule has 0 aromatic carbocycles. The molecule has 18 heavy (non-hydrogen) atoms. The molecule has 0 radical (unpaired) electrons. The molecule has 0 saturated carbocycles. The first-order chi connectivity index (χ1) is 8.56. The summed E-state index contributed by atoms with van der Waals surface area (Å²) in [5.41, 5.74) is 5.28. The summed E-state index contributed by atoms with van der Waals surface area (Å²) in [4.78, 5) is 24.9. The van der Waals surface area contributed by atoms with Crippen LogP contribution in [0.15, 0.2) is 16.9 Å². The van der Waals surface area contributed by atoms with Crippen molar-refractivity contribution in [3.05, 3.63) is 16.9 Å². The number of carbonyl (C=O) groups excluding carboxylic acids is 2. The van der Waals surface area contributed by atoms with Gasteiger partial charge in [0, 0.05) is 19.3 Å². The van der Waals surface area contributed by atoms with Gasteiger partial charge in [-0.3, -0.25) is 14.3 Å². The van der Waals surface area contributed by atoms with Crippen molar-refractivity contribution in [3.63, 3.8) is 0 Å². The van der Waals surface area contributed by atoms with Gasteiger partial charge >= 0.3 is 0 Å². The fourth-order valence-corrected chi connectivity index (χ4v) is 2.43. The van der Waals surface area contributed by atoms with Crippen LogP contribution in [0, 0.1) is 5.92 Å². The predicted octanol–water partition coefficient (Wildman–Crippen LogP) is 0.369. The number of piperidine rings is 1. The molecule has 0 aliphatic carbocycles. The lowest BCUT2D eigenvalue weighted by Crippen LogP contribution is -2.45. The quantitative estimate of drug-likeness (QED) is 0.875. The number of amides is 2. The Balaban J connectivity index is 1.94. The molecule has 2 N–H and O–H groups in total. The fraction of sp³-hybridized carbons (Fsp3) is 0.545. The molecule has 0 spiro atoms. The second kappa shape index (κ2) is 5.51. The number of rotatable bonds is 3. The molecule has 1 aliphatic rings. The highest BCUT2D eigenvalue weighted by Crippen LogP contribution is 2.16. The molecule has 1 fully saturated rings. The minimum Gasteiger partial charge on any atom is -0.369 e. The summed E-state index contributed by atoms with van der Waals surface area (Å²) in [7, 11) is 0. The number of hydrogen-bond acceptors (Lipinski definition) is 3. The van der Waals surface area contributed by atoms with Gasteiger partial charge < -0.3 is 10.6 Å². The van der Waals surface area contributed by atoms with Gasteiger partial charge in [-0.05, 0) is 28.8 Å². The molecule has 1 atom stereocenters. The molecule has 2 heterocycles. The van der Waals surface area contributed by atoms with Crippen LogP contribution >= 0.6 is 15.9 Å². The summed E-state index contributed by atoms with van der Waals surface area (Å²) in [6, 6.07) is 0. The van der Waals surface area contributed by atoms with Crippen LogP contribution < -0.4 is 5.73 Å². The zero-order valence-electron chi connectivity index (χ0n) is 9.88. The first-order valence-corrected chi connectivity index (χ1v) is 6.60. The van der Waals surface area contributed by atoms with Crippen molar-refractivity contribution in [2.45, 2.75) is 19.4 Å².